The summed E-state index contributed by atoms with van der Waals surface area (Å²) in [4.78, 5) is 0. The third kappa shape index (κ3) is 1.55. The van der Waals surface area contributed by atoms with Crippen molar-refractivity contribution in [2.24, 2.45) is 11.8 Å². The summed E-state index contributed by atoms with van der Waals surface area (Å²) in [5, 5.41) is 13.3. The summed E-state index contributed by atoms with van der Waals surface area (Å²) in [6.07, 6.45) is 0.00245. The van der Waals surface area contributed by atoms with Gasteiger partial charge in [0, 0.05) is 12.5 Å². The van der Waals surface area contributed by atoms with Crippen LogP contribution in [0.5, 0.6) is 0 Å². The predicted molar refractivity (Wildman–Crippen MR) is 41.2 cm³/mol. The Kier molecular flexibility index (Phi) is 2.41. The van der Waals surface area contributed by atoms with Gasteiger partial charge in [-0.3, -0.25) is 0 Å². The highest BCUT2D eigenvalue weighted by Gasteiger charge is 2.38. The van der Waals surface area contributed by atoms with Crippen LogP contribution in [0.25, 0.3) is 0 Å². The van der Waals surface area contributed by atoms with Crippen LogP contribution in [-0.4, -0.2) is 37.1 Å². The van der Waals surface area contributed by atoms with E-state index in [0.29, 0.717) is 6.61 Å². The molecule has 0 amide bonds. The Hall–Kier alpha value is -0.120. The van der Waals surface area contributed by atoms with Gasteiger partial charge in [-0.05, 0) is 12.8 Å². The van der Waals surface area contributed by atoms with Gasteiger partial charge in [-0.2, -0.15) is 0 Å². The highest BCUT2D eigenvalue weighted by molar-refractivity contribution is 4.84. The lowest BCUT2D eigenvalue weighted by Gasteiger charge is -2.14. The molecular weight excluding hydrogens is 144 g/mol. The summed E-state index contributed by atoms with van der Waals surface area (Å²) in [5.41, 5.74) is 0. The normalized spacial score (nSPS) is 45.9. The fourth-order valence-corrected chi connectivity index (χ4v) is 1.70. The minimum absolute atomic E-state index is 0.0556. The molecule has 1 aliphatic heterocycles. The van der Waals surface area contributed by atoms with Gasteiger partial charge in [0.2, 0.25) is 1.43 Å². The minimum atomic E-state index is -0.0832. The fourth-order valence-electron chi connectivity index (χ4n) is 1.70. The zero-order valence-corrected chi connectivity index (χ0v) is 6.99. The van der Waals surface area contributed by atoms with E-state index in [2.05, 4.69) is 5.11 Å². The number of hydrogen-bond donors (Lipinski definition) is 2. The zero-order valence-electron chi connectivity index (χ0n) is 7.99. The van der Waals surface area contributed by atoms with E-state index < -0.39 is 0 Å². The van der Waals surface area contributed by atoms with Crippen LogP contribution in [0.3, 0.4) is 0 Å². The van der Waals surface area contributed by atoms with Crippen molar-refractivity contribution in [1.82, 2.24) is 0 Å². The highest BCUT2D eigenvalue weighted by atomic mass is 16.5. The molecule has 11 heavy (non-hydrogen) atoms. The van der Waals surface area contributed by atoms with Gasteiger partial charge in [0.1, 0.15) is 0 Å². The van der Waals surface area contributed by atoms with Crippen LogP contribution in [0.1, 0.15) is 13.8 Å². The molecule has 0 saturated carbocycles. The average Bonchev–Trinajstić information content (AvgIpc) is 2.32. The third-order valence-corrected chi connectivity index (χ3v) is 2.63. The highest BCUT2D eigenvalue weighted by Crippen LogP contribution is 2.31. The summed E-state index contributed by atoms with van der Waals surface area (Å²) >= 11 is 0. The van der Waals surface area contributed by atoms with Crippen LogP contribution in [0, 0.1) is 11.8 Å². The van der Waals surface area contributed by atoms with Crippen LogP contribution in [0.15, 0.2) is 0 Å². The summed E-state index contributed by atoms with van der Waals surface area (Å²) in [6.45, 7) is 4.42. The minimum Gasteiger partial charge on any atom is -0.396 e. The van der Waals surface area contributed by atoms with Gasteiger partial charge in [-0.25, -0.2) is 0 Å². The molecule has 66 valence electrons. The van der Waals surface area contributed by atoms with E-state index >= 15 is 0 Å². The molecule has 0 bridgehead atoms. The predicted octanol–water partition coefficient (Wildman–Crippen LogP) is 0.0106. The molecule has 3 nitrogen and oxygen atoms in total. The van der Waals surface area contributed by atoms with E-state index in [4.69, 9.17) is 11.3 Å². The summed E-state index contributed by atoms with van der Waals surface area (Å²) in [6, 6.07) is 0. The summed E-state index contributed by atoms with van der Waals surface area (Å²) in [7, 11) is 0. The second kappa shape index (κ2) is 3.52. The Labute approximate surface area is 68.5 Å². The van der Waals surface area contributed by atoms with Gasteiger partial charge >= 0.3 is 0 Å². The van der Waals surface area contributed by atoms with E-state index in [1.807, 2.05) is 13.8 Å². The molecule has 0 aromatic rings. The standard InChI is InChI=1S/C8H16O3/c1-5-7(3-9)6(2)11-8(5)4-10/h5-10H,3-4H2,1-2H3/t5-,6-,7?,8-/m1/s1/i9D. The van der Waals surface area contributed by atoms with Gasteiger partial charge in [0.05, 0.1) is 18.8 Å². The SMILES string of the molecule is [2H]OCC1[C@@H](C)[C@@H](CO)O[C@@H]1C. The van der Waals surface area contributed by atoms with Gasteiger partial charge in [0.25, 0.3) is 0 Å². The first-order valence-electron chi connectivity index (χ1n) is 4.46. The fraction of sp³-hybridized carbons (Fsp3) is 1.00. The van der Waals surface area contributed by atoms with E-state index in [1.165, 1.54) is 0 Å². The Morgan fingerprint density at radius 1 is 1.45 bits per heavy atom. The maximum Gasteiger partial charge on any atom is 0.210 e. The van der Waals surface area contributed by atoms with Gasteiger partial charge in [-0.15, -0.1) is 0 Å². The molecule has 4 atom stereocenters. The van der Waals surface area contributed by atoms with Crippen molar-refractivity contribution >= 4 is 0 Å². The van der Waals surface area contributed by atoms with E-state index in [-0.39, 0.29) is 30.7 Å². The molecule has 1 aliphatic rings. The van der Waals surface area contributed by atoms with Crippen LogP contribution >= 0.6 is 0 Å². The van der Waals surface area contributed by atoms with E-state index in [1.54, 1.807) is 0 Å². The van der Waals surface area contributed by atoms with Crippen LogP contribution in [0.2, 0.25) is 0 Å². The molecule has 0 spiro atoms. The Morgan fingerprint density at radius 3 is 2.64 bits per heavy atom. The first kappa shape index (κ1) is 7.53. The maximum absolute atomic E-state index is 8.93. The first-order chi connectivity index (χ1) is 5.70. The molecular formula is C8H16O3. The molecule has 1 unspecified atom stereocenters. The molecule has 0 aromatic heterocycles. The Morgan fingerprint density at radius 2 is 2.18 bits per heavy atom. The molecule has 1 rings (SSSR count). The average molecular weight is 161 g/mol. The van der Waals surface area contributed by atoms with Gasteiger partial charge < -0.3 is 15.0 Å². The molecule has 1 fully saturated rings. The number of ether oxygens (including phenoxy) is 1. The molecule has 3 heteroatoms. The Balaban J connectivity index is 2.51. The molecule has 1 heterocycles. The van der Waals surface area contributed by atoms with Crippen LogP contribution in [0.4, 0.5) is 0 Å². The topological polar surface area (TPSA) is 49.7 Å². The van der Waals surface area contributed by atoms with Crippen molar-refractivity contribution in [1.29, 1.82) is 1.43 Å². The van der Waals surface area contributed by atoms with E-state index in [9.17, 15) is 0 Å². The number of hydrogen-bond acceptors (Lipinski definition) is 3. The molecule has 0 aromatic carbocycles. The molecule has 0 radical (unpaired) electrons. The zero-order chi connectivity index (χ0) is 9.14. The van der Waals surface area contributed by atoms with Crippen molar-refractivity contribution in [2.45, 2.75) is 26.1 Å². The van der Waals surface area contributed by atoms with Crippen molar-refractivity contribution in [2.75, 3.05) is 13.2 Å². The second-order valence-electron chi connectivity index (χ2n) is 3.25. The smallest absolute Gasteiger partial charge is 0.210 e. The maximum atomic E-state index is 8.93. The van der Waals surface area contributed by atoms with Crippen molar-refractivity contribution in [3.05, 3.63) is 0 Å². The van der Waals surface area contributed by atoms with E-state index in [0.717, 1.165) is 0 Å². The van der Waals surface area contributed by atoms with Crippen molar-refractivity contribution < 1.29 is 15.0 Å². The lowest BCUT2D eigenvalue weighted by molar-refractivity contribution is 0.00406. The largest absolute Gasteiger partial charge is 0.396 e. The quantitative estimate of drug-likeness (QED) is 0.613. The second-order valence-corrected chi connectivity index (χ2v) is 3.25. The lowest BCUT2D eigenvalue weighted by atomic mass is 9.90. The van der Waals surface area contributed by atoms with Gasteiger partial charge in [0.15, 0.2) is 0 Å². The number of aliphatic hydroxyl groups is 2. The molecule has 2 N–H and O–H groups in total. The van der Waals surface area contributed by atoms with Crippen molar-refractivity contribution in [3.63, 3.8) is 0 Å². The van der Waals surface area contributed by atoms with Crippen LogP contribution in [-0.2, 0) is 4.74 Å². The van der Waals surface area contributed by atoms with Gasteiger partial charge in [-0.1, -0.05) is 6.92 Å². The molecule has 0 aliphatic carbocycles. The van der Waals surface area contributed by atoms with Crippen LogP contribution < -0.4 is 0 Å². The number of aliphatic hydroxyl groups excluding tert-OH is 2. The summed E-state index contributed by atoms with van der Waals surface area (Å²) in [5.74, 6) is 0.509. The lowest BCUT2D eigenvalue weighted by Crippen LogP contribution is -2.23. The first-order valence-corrected chi connectivity index (χ1v) is 4.05. The monoisotopic (exact) mass is 161 g/mol. The van der Waals surface area contributed by atoms with Crippen molar-refractivity contribution in [3.8, 4) is 0 Å². The third-order valence-electron chi connectivity index (χ3n) is 2.63. The Bertz CT molecular complexity index is 142. The summed E-state index contributed by atoms with van der Waals surface area (Å²) < 4.78 is 12.1. The number of rotatable bonds is 3. The molecule has 1 saturated heterocycles.